The average molecular weight is 394 g/mol. The molecular formula is C22H22N2O5. The predicted molar refractivity (Wildman–Crippen MR) is 110 cm³/mol. The van der Waals surface area contributed by atoms with Crippen LogP contribution in [0.5, 0.6) is 11.5 Å². The van der Waals surface area contributed by atoms with Gasteiger partial charge >= 0.3 is 11.8 Å². The molecule has 2 amide bonds. The fourth-order valence-electron chi connectivity index (χ4n) is 3.00. The van der Waals surface area contributed by atoms with Gasteiger partial charge in [0.1, 0.15) is 11.5 Å². The molecule has 0 aliphatic heterocycles. The SMILES string of the molecule is COc1ccc(NC(=O)C(=O)NC[C@@H](O)c2cccc3ccccc23)c(OC)c1. The molecule has 0 unspecified atom stereocenters. The molecule has 3 aromatic carbocycles. The number of hydrogen-bond donors (Lipinski definition) is 3. The van der Waals surface area contributed by atoms with E-state index in [1.807, 2.05) is 36.4 Å². The summed E-state index contributed by atoms with van der Waals surface area (Å²) < 4.78 is 10.3. The summed E-state index contributed by atoms with van der Waals surface area (Å²) in [6, 6.07) is 18.0. The van der Waals surface area contributed by atoms with Crippen molar-refractivity contribution >= 4 is 28.3 Å². The number of benzene rings is 3. The van der Waals surface area contributed by atoms with E-state index in [0.29, 0.717) is 22.7 Å². The molecular weight excluding hydrogens is 372 g/mol. The second-order valence-electron chi connectivity index (χ2n) is 6.31. The van der Waals surface area contributed by atoms with E-state index in [1.54, 1.807) is 24.3 Å². The van der Waals surface area contributed by atoms with Gasteiger partial charge in [0.15, 0.2) is 0 Å². The van der Waals surface area contributed by atoms with Gasteiger partial charge in [0.05, 0.1) is 26.0 Å². The number of rotatable bonds is 6. The van der Waals surface area contributed by atoms with Gasteiger partial charge in [-0.3, -0.25) is 9.59 Å². The van der Waals surface area contributed by atoms with Gasteiger partial charge < -0.3 is 25.2 Å². The highest BCUT2D eigenvalue weighted by molar-refractivity contribution is 6.39. The third-order valence-electron chi connectivity index (χ3n) is 4.50. The number of aliphatic hydroxyl groups excluding tert-OH is 1. The van der Waals surface area contributed by atoms with Gasteiger partial charge in [-0.1, -0.05) is 42.5 Å². The first-order chi connectivity index (χ1) is 14.0. The summed E-state index contributed by atoms with van der Waals surface area (Å²) in [5.74, 6) is -0.801. The van der Waals surface area contributed by atoms with Crippen LogP contribution in [0.2, 0.25) is 0 Å². The number of carbonyl (C=O) groups excluding carboxylic acids is 2. The quantitative estimate of drug-likeness (QED) is 0.559. The number of anilines is 1. The van der Waals surface area contributed by atoms with Crippen molar-refractivity contribution in [2.75, 3.05) is 26.1 Å². The zero-order chi connectivity index (χ0) is 20.8. The molecule has 29 heavy (non-hydrogen) atoms. The average Bonchev–Trinajstić information content (AvgIpc) is 2.76. The molecule has 0 heterocycles. The maximum absolute atomic E-state index is 12.2. The van der Waals surface area contributed by atoms with Crippen molar-refractivity contribution in [2.45, 2.75) is 6.10 Å². The number of fused-ring (bicyclic) bond motifs is 1. The number of nitrogens with one attached hydrogen (secondary N) is 2. The molecule has 7 nitrogen and oxygen atoms in total. The van der Waals surface area contributed by atoms with E-state index < -0.39 is 17.9 Å². The number of hydrogen-bond acceptors (Lipinski definition) is 5. The molecule has 0 saturated heterocycles. The van der Waals surface area contributed by atoms with E-state index in [9.17, 15) is 14.7 Å². The van der Waals surface area contributed by atoms with Crippen LogP contribution in [0.1, 0.15) is 11.7 Å². The maximum Gasteiger partial charge on any atom is 0.313 e. The third-order valence-corrected chi connectivity index (χ3v) is 4.50. The van der Waals surface area contributed by atoms with E-state index >= 15 is 0 Å². The number of methoxy groups -OCH3 is 2. The van der Waals surface area contributed by atoms with Crippen LogP contribution >= 0.6 is 0 Å². The molecule has 0 aromatic heterocycles. The fraction of sp³-hybridized carbons (Fsp3) is 0.182. The van der Waals surface area contributed by atoms with E-state index in [0.717, 1.165) is 10.8 Å². The van der Waals surface area contributed by atoms with Crippen LogP contribution in [0.25, 0.3) is 10.8 Å². The second kappa shape index (κ2) is 9.07. The van der Waals surface area contributed by atoms with Crippen LogP contribution in [0.4, 0.5) is 5.69 Å². The van der Waals surface area contributed by atoms with Crippen molar-refractivity contribution in [3.05, 3.63) is 66.2 Å². The van der Waals surface area contributed by atoms with Crippen LogP contribution in [0.15, 0.2) is 60.7 Å². The van der Waals surface area contributed by atoms with Crippen molar-refractivity contribution in [1.29, 1.82) is 0 Å². The first kappa shape index (κ1) is 20.2. The van der Waals surface area contributed by atoms with Gasteiger partial charge in [0.2, 0.25) is 0 Å². The van der Waals surface area contributed by atoms with Crippen LogP contribution in [-0.2, 0) is 9.59 Å². The molecule has 7 heteroatoms. The van der Waals surface area contributed by atoms with Crippen LogP contribution in [0, 0.1) is 0 Å². The predicted octanol–water partition coefficient (Wildman–Crippen LogP) is 2.65. The standard InChI is InChI=1S/C22H22N2O5/c1-28-15-10-11-18(20(12-15)29-2)24-22(27)21(26)23-13-19(25)17-9-5-7-14-6-3-4-8-16(14)17/h3-12,19,25H,13H2,1-2H3,(H,23,26)(H,24,27)/t19-/m1/s1. The Hall–Kier alpha value is -3.58. The summed E-state index contributed by atoms with van der Waals surface area (Å²) in [6.45, 7) is -0.0972. The molecule has 1 atom stereocenters. The largest absolute Gasteiger partial charge is 0.497 e. The van der Waals surface area contributed by atoms with Crippen molar-refractivity contribution in [2.24, 2.45) is 0 Å². The lowest BCUT2D eigenvalue weighted by atomic mass is 10.0. The summed E-state index contributed by atoms with van der Waals surface area (Å²) in [5, 5.41) is 17.3. The molecule has 3 aromatic rings. The summed E-state index contributed by atoms with van der Waals surface area (Å²) in [5.41, 5.74) is 1.02. The summed E-state index contributed by atoms with van der Waals surface area (Å²) in [7, 11) is 2.97. The highest BCUT2D eigenvalue weighted by Gasteiger charge is 2.18. The topological polar surface area (TPSA) is 96.9 Å². The zero-order valence-electron chi connectivity index (χ0n) is 16.1. The van der Waals surface area contributed by atoms with Gasteiger partial charge in [0.25, 0.3) is 0 Å². The van der Waals surface area contributed by atoms with Crippen molar-refractivity contribution in [1.82, 2.24) is 5.32 Å². The lowest BCUT2D eigenvalue weighted by Crippen LogP contribution is -2.37. The normalized spacial score (nSPS) is 11.6. The summed E-state index contributed by atoms with van der Waals surface area (Å²) >= 11 is 0. The Balaban J connectivity index is 1.64. The first-order valence-electron chi connectivity index (χ1n) is 9.00. The Morgan fingerprint density at radius 1 is 0.966 bits per heavy atom. The first-order valence-corrected chi connectivity index (χ1v) is 9.00. The molecule has 0 aliphatic rings. The number of aliphatic hydroxyl groups is 1. The molecule has 0 fully saturated rings. The molecule has 0 spiro atoms. The number of amides is 2. The minimum absolute atomic E-state index is 0.0972. The minimum atomic E-state index is -0.951. The summed E-state index contributed by atoms with van der Waals surface area (Å²) in [6.07, 6.45) is -0.951. The van der Waals surface area contributed by atoms with Crippen molar-refractivity contribution in [3.8, 4) is 11.5 Å². The number of carbonyl (C=O) groups is 2. The maximum atomic E-state index is 12.2. The highest BCUT2D eigenvalue weighted by Crippen LogP contribution is 2.29. The Morgan fingerprint density at radius 3 is 2.48 bits per heavy atom. The Morgan fingerprint density at radius 2 is 1.72 bits per heavy atom. The minimum Gasteiger partial charge on any atom is -0.497 e. The van der Waals surface area contributed by atoms with Gasteiger partial charge in [-0.2, -0.15) is 0 Å². The number of ether oxygens (including phenoxy) is 2. The van der Waals surface area contributed by atoms with Crippen LogP contribution in [0.3, 0.4) is 0 Å². The molecule has 0 bridgehead atoms. The fourth-order valence-corrected chi connectivity index (χ4v) is 3.00. The van der Waals surface area contributed by atoms with E-state index in [2.05, 4.69) is 10.6 Å². The Labute approximate surface area is 168 Å². The van der Waals surface area contributed by atoms with E-state index in [4.69, 9.17) is 9.47 Å². The molecule has 150 valence electrons. The summed E-state index contributed by atoms with van der Waals surface area (Å²) in [4.78, 5) is 24.4. The smallest absolute Gasteiger partial charge is 0.313 e. The lowest BCUT2D eigenvalue weighted by molar-refractivity contribution is -0.136. The van der Waals surface area contributed by atoms with Crippen LogP contribution < -0.4 is 20.1 Å². The van der Waals surface area contributed by atoms with Crippen LogP contribution in [-0.4, -0.2) is 37.7 Å². The second-order valence-corrected chi connectivity index (χ2v) is 6.31. The van der Waals surface area contributed by atoms with Crippen molar-refractivity contribution in [3.63, 3.8) is 0 Å². The Kier molecular flexibility index (Phi) is 6.31. The van der Waals surface area contributed by atoms with Crippen molar-refractivity contribution < 1.29 is 24.2 Å². The zero-order valence-corrected chi connectivity index (χ0v) is 16.1. The monoisotopic (exact) mass is 394 g/mol. The van der Waals surface area contributed by atoms with Gasteiger partial charge in [-0.05, 0) is 28.5 Å². The Bertz CT molecular complexity index is 1030. The molecule has 0 radical (unpaired) electrons. The third kappa shape index (κ3) is 4.64. The van der Waals surface area contributed by atoms with Gasteiger partial charge in [-0.15, -0.1) is 0 Å². The molecule has 0 aliphatic carbocycles. The molecule has 3 N–H and O–H groups in total. The van der Waals surface area contributed by atoms with E-state index in [-0.39, 0.29) is 6.54 Å². The van der Waals surface area contributed by atoms with Gasteiger partial charge in [-0.25, -0.2) is 0 Å². The van der Waals surface area contributed by atoms with E-state index in [1.165, 1.54) is 14.2 Å². The highest BCUT2D eigenvalue weighted by atomic mass is 16.5. The van der Waals surface area contributed by atoms with Gasteiger partial charge in [0, 0.05) is 12.6 Å². The molecule has 3 rings (SSSR count). The molecule has 0 saturated carbocycles. The lowest BCUT2D eigenvalue weighted by Gasteiger charge is -2.15.